The minimum atomic E-state index is -4.91. The van der Waals surface area contributed by atoms with E-state index in [9.17, 15) is 22.4 Å². The predicted molar refractivity (Wildman–Crippen MR) is 125 cm³/mol. The van der Waals surface area contributed by atoms with Crippen LogP contribution in [0.1, 0.15) is 34.2 Å². The number of anilines is 1. The molecule has 36 heavy (non-hydrogen) atoms. The number of hydrogen-bond acceptors (Lipinski definition) is 5. The van der Waals surface area contributed by atoms with Gasteiger partial charge in [0, 0.05) is 30.1 Å². The van der Waals surface area contributed by atoms with Crippen molar-refractivity contribution in [1.29, 1.82) is 0 Å². The summed E-state index contributed by atoms with van der Waals surface area (Å²) in [6.45, 7) is 3.70. The van der Waals surface area contributed by atoms with Crippen LogP contribution in [0, 0.1) is 12.7 Å². The maximum Gasteiger partial charge on any atom is 0.419 e. The zero-order valence-corrected chi connectivity index (χ0v) is 19.2. The third-order valence-corrected chi connectivity index (χ3v) is 5.24. The molecule has 2 aromatic heterocycles. The minimum Gasteiger partial charge on any atom is -0.438 e. The molecule has 184 valence electrons. The summed E-state index contributed by atoms with van der Waals surface area (Å²) >= 11 is 0. The van der Waals surface area contributed by atoms with Gasteiger partial charge in [0.2, 0.25) is 5.88 Å². The van der Waals surface area contributed by atoms with Crippen molar-refractivity contribution in [1.82, 2.24) is 15.0 Å². The molecule has 0 bridgehead atoms. The molecule has 0 atom stereocenters. The van der Waals surface area contributed by atoms with Gasteiger partial charge in [0.1, 0.15) is 17.4 Å². The van der Waals surface area contributed by atoms with Crippen molar-refractivity contribution < 1.29 is 27.1 Å². The molecule has 0 aliphatic rings. The number of rotatable bonds is 6. The molecule has 2 aromatic carbocycles. The van der Waals surface area contributed by atoms with Crippen molar-refractivity contribution in [2.24, 2.45) is 0 Å². The summed E-state index contributed by atoms with van der Waals surface area (Å²) < 4.78 is 58.5. The third kappa shape index (κ3) is 5.48. The second kappa shape index (κ2) is 10.1. The molecular formula is C26H20F4N4O2. The predicted octanol–water partition coefficient (Wildman–Crippen LogP) is 6.61. The number of alkyl halides is 3. The number of carbonyl (C=O) groups is 1. The molecule has 1 N–H and O–H groups in total. The van der Waals surface area contributed by atoms with Crippen LogP contribution in [0.2, 0.25) is 0 Å². The van der Waals surface area contributed by atoms with Crippen molar-refractivity contribution in [2.75, 3.05) is 5.32 Å². The number of nitrogens with one attached hydrogen (secondary N) is 1. The normalized spacial score (nSPS) is 11.3. The Morgan fingerprint density at radius 1 is 1.03 bits per heavy atom. The van der Waals surface area contributed by atoms with E-state index in [1.807, 2.05) is 13.0 Å². The zero-order valence-electron chi connectivity index (χ0n) is 19.2. The van der Waals surface area contributed by atoms with Gasteiger partial charge in [-0.2, -0.15) is 13.2 Å². The summed E-state index contributed by atoms with van der Waals surface area (Å²) in [6, 6.07) is 12.2. The van der Waals surface area contributed by atoms with E-state index in [2.05, 4.69) is 20.3 Å². The lowest BCUT2D eigenvalue weighted by Crippen LogP contribution is -2.15. The summed E-state index contributed by atoms with van der Waals surface area (Å²) in [5, 5.41) is 2.52. The lowest BCUT2D eigenvalue weighted by atomic mass is 10.1. The second-order valence-corrected chi connectivity index (χ2v) is 7.80. The number of nitrogens with zero attached hydrogens (tertiary/aromatic N) is 3. The highest BCUT2D eigenvalue weighted by atomic mass is 19.4. The smallest absolute Gasteiger partial charge is 0.419 e. The van der Waals surface area contributed by atoms with E-state index in [0.29, 0.717) is 58.5 Å². The van der Waals surface area contributed by atoms with Gasteiger partial charge in [0.15, 0.2) is 0 Å². The number of pyridine rings is 1. The van der Waals surface area contributed by atoms with E-state index >= 15 is 0 Å². The highest BCUT2D eigenvalue weighted by molar-refractivity contribution is 6.04. The summed E-state index contributed by atoms with van der Waals surface area (Å²) in [7, 11) is 0. The first kappa shape index (κ1) is 24.8. The monoisotopic (exact) mass is 496 g/mol. The highest BCUT2D eigenvalue weighted by Crippen LogP contribution is 2.34. The minimum absolute atomic E-state index is 0.323. The molecule has 0 radical (unpaired) electrons. The number of amides is 1. The zero-order chi connectivity index (χ0) is 25.9. The van der Waals surface area contributed by atoms with Gasteiger partial charge in [-0.15, -0.1) is 0 Å². The van der Waals surface area contributed by atoms with Crippen LogP contribution in [0.15, 0.2) is 67.0 Å². The Labute approximate surface area is 204 Å². The van der Waals surface area contributed by atoms with Crippen LogP contribution in [0.5, 0.6) is 11.6 Å². The molecule has 4 rings (SSSR count). The molecule has 0 saturated heterocycles. The van der Waals surface area contributed by atoms with Gasteiger partial charge in [-0.25, -0.2) is 19.3 Å². The molecule has 2 heterocycles. The molecule has 0 aliphatic carbocycles. The van der Waals surface area contributed by atoms with E-state index in [1.54, 1.807) is 43.6 Å². The average Bonchev–Trinajstić information content (AvgIpc) is 2.85. The van der Waals surface area contributed by atoms with Crippen molar-refractivity contribution in [3.05, 3.63) is 95.3 Å². The summed E-state index contributed by atoms with van der Waals surface area (Å²) in [5.74, 6) is -0.792. The topological polar surface area (TPSA) is 77.0 Å². The fourth-order valence-corrected chi connectivity index (χ4v) is 3.42. The first-order valence-electron chi connectivity index (χ1n) is 10.9. The highest BCUT2D eigenvalue weighted by Gasteiger charge is 2.34. The molecule has 0 fully saturated rings. The SMILES string of the molecule is CCc1nccc(-c2cccnc2Oc2ccc(NC(=O)c3ccc(F)c(C(F)(F)F)c3)cc2C)n1. The van der Waals surface area contributed by atoms with E-state index < -0.39 is 23.5 Å². The van der Waals surface area contributed by atoms with Gasteiger partial charge in [0.05, 0.1) is 16.8 Å². The van der Waals surface area contributed by atoms with E-state index in [1.165, 1.54) is 6.07 Å². The fourth-order valence-electron chi connectivity index (χ4n) is 3.42. The number of hydrogen-bond donors (Lipinski definition) is 1. The summed E-state index contributed by atoms with van der Waals surface area (Å²) in [5.41, 5.74) is 0.461. The lowest BCUT2D eigenvalue weighted by molar-refractivity contribution is -0.140. The quantitative estimate of drug-likeness (QED) is 0.304. The third-order valence-electron chi connectivity index (χ3n) is 5.24. The van der Waals surface area contributed by atoms with Crippen molar-refractivity contribution >= 4 is 11.6 Å². The van der Waals surface area contributed by atoms with Gasteiger partial charge < -0.3 is 10.1 Å². The Morgan fingerprint density at radius 3 is 2.56 bits per heavy atom. The van der Waals surface area contributed by atoms with Gasteiger partial charge in [-0.3, -0.25) is 4.79 Å². The molecule has 0 saturated carbocycles. The van der Waals surface area contributed by atoms with E-state index in [0.717, 1.165) is 6.07 Å². The largest absolute Gasteiger partial charge is 0.438 e. The van der Waals surface area contributed by atoms with Crippen molar-refractivity contribution in [3.63, 3.8) is 0 Å². The maximum absolute atomic E-state index is 13.5. The van der Waals surface area contributed by atoms with Gasteiger partial charge in [-0.1, -0.05) is 6.92 Å². The van der Waals surface area contributed by atoms with Crippen LogP contribution >= 0.6 is 0 Å². The Bertz CT molecular complexity index is 1420. The van der Waals surface area contributed by atoms with Crippen LogP contribution in [0.3, 0.4) is 0 Å². The molecule has 0 aliphatic heterocycles. The van der Waals surface area contributed by atoms with Gasteiger partial charge in [-0.05, 0) is 67.1 Å². The lowest BCUT2D eigenvalue weighted by Gasteiger charge is -2.14. The number of ether oxygens (including phenoxy) is 1. The second-order valence-electron chi connectivity index (χ2n) is 7.80. The number of carbonyl (C=O) groups excluding carboxylic acids is 1. The molecular weight excluding hydrogens is 476 g/mol. The molecule has 4 aromatic rings. The average molecular weight is 496 g/mol. The Morgan fingerprint density at radius 2 is 1.83 bits per heavy atom. The first-order valence-corrected chi connectivity index (χ1v) is 10.9. The van der Waals surface area contributed by atoms with Crippen LogP contribution in [0.25, 0.3) is 11.3 Å². The molecule has 0 unspecified atom stereocenters. The Hall–Kier alpha value is -4.34. The van der Waals surface area contributed by atoms with E-state index in [4.69, 9.17) is 4.74 Å². The Balaban J connectivity index is 1.54. The number of halogens is 4. The summed E-state index contributed by atoms with van der Waals surface area (Å²) in [6.07, 6.45) is -0.988. The number of aromatic nitrogens is 3. The van der Waals surface area contributed by atoms with Crippen LogP contribution in [0.4, 0.5) is 23.2 Å². The van der Waals surface area contributed by atoms with Gasteiger partial charge in [0.25, 0.3) is 5.91 Å². The first-order chi connectivity index (χ1) is 17.2. The molecule has 10 heteroatoms. The number of aryl methyl sites for hydroxylation is 2. The Kier molecular flexibility index (Phi) is 6.96. The fraction of sp³-hybridized carbons (Fsp3) is 0.154. The molecule has 6 nitrogen and oxygen atoms in total. The molecule has 0 spiro atoms. The van der Waals surface area contributed by atoms with Crippen molar-refractivity contribution in [3.8, 4) is 22.9 Å². The van der Waals surface area contributed by atoms with Gasteiger partial charge >= 0.3 is 6.18 Å². The van der Waals surface area contributed by atoms with Crippen LogP contribution in [-0.2, 0) is 12.6 Å². The van der Waals surface area contributed by atoms with Crippen molar-refractivity contribution in [2.45, 2.75) is 26.4 Å². The number of benzene rings is 2. The standard InChI is InChI=1S/C26H20F4N4O2/c1-3-23-31-12-10-21(34-23)18-5-4-11-32-25(18)36-22-9-7-17(13-15(22)2)33-24(35)16-6-8-20(27)19(14-16)26(28,29)30/h4-14H,3H2,1-2H3,(H,33,35). The van der Waals surface area contributed by atoms with E-state index in [-0.39, 0.29) is 5.56 Å². The molecule has 1 amide bonds. The van der Waals surface area contributed by atoms with Crippen LogP contribution < -0.4 is 10.1 Å². The maximum atomic E-state index is 13.5. The summed E-state index contributed by atoms with van der Waals surface area (Å²) in [4.78, 5) is 25.5. The van der Waals surface area contributed by atoms with Crippen LogP contribution in [-0.4, -0.2) is 20.9 Å².